The summed E-state index contributed by atoms with van der Waals surface area (Å²) < 4.78 is 0. The molecule has 1 atom stereocenters. The summed E-state index contributed by atoms with van der Waals surface area (Å²) >= 11 is 0. The monoisotopic (exact) mass is 240 g/mol. The van der Waals surface area contributed by atoms with E-state index < -0.39 is 0 Å². The molecule has 0 saturated carbocycles. The van der Waals surface area contributed by atoms with Crippen molar-refractivity contribution in [3.8, 4) is 0 Å². The van der Waals surface area contributed by atoms with Crippen LogP contribution in [0.5, 0.6) is 0 Å². The van der Waals surface area contributed by atoms with Gasteiger partial charge in [-0.3, -0.25) is 0 Å². The molecular formula is C16H32O. The van der Waals surface area contributed by atoms with Crippen LogP contribution < -0.4 is 0 Å². The van der Waals surface area contributed by atoms with Crippen molar-refractivity contribution in [3.63, 3.8) is 0 Å². The van der Waals surface area contributed by atoms with E-state index in [0.29, 0.717) is 0 Å². The van der Waals surface area contributed by atoms with Crippen molar-refractivity contribution in [2.75, 3.05) is 0 Å². The van der Waals surface area contributed by atoms with E-state index in [9.17, 15) is 5.11 Å². The van der Waals surface area contributed by atoms with Crippen LogP contribution in [0.2, 0.25) is 0 Å². The summed E-state index contributed by atoms with van der Waals surface area (Å²) in [5, 5.41) is 9.66. The molecule has 0 aromatic carbocycles. The molecule has 1 nitrogen and oxygen atoms in total. The van der Waals surface area contributed by atoms with Gasteiger partial charge in [0.1, 0.15) is 0 Å². The molecule has 0 aliphatic rings. The van der Waals surface area contributed by atoms with Crippen LogP contribution in [-0.4, -0.2) is 11.2 Å². The van der Waals surface area contributed by atoms with Crippen LogP contribution in [0, 0.1) is 0 Å². The molecule has 0 heterocycles. The first-order valence-corrected chi connectivity index (χ1v) is 7.66. The van der Waals surface area contributed by atoms with Crippen molar-refractivity contribution in [1.82, 2.24) is 0 Å². The van der Waals surface area contributed by atoms with Crippen molar-refractivity contribution in [3.05, 3.63) is 12.2 Å². The maximum absolute atomic E-state index is 9.66. The Hall–Kier alpha value is -0.300. The highest BCUT2D eigenvalue weighted by molar-refractivity contribution is 4.88. The van der Waals surface area contributed by atoms with E-state index in [1.165, 1.54) is 51.4 Å². The van der Waals surface area contributed by atoms with Crippen LogP contribution in [0.15, 0.2) is 12.2 Å². The second-order valence-corrected chi connectivity index (χ2v) is 5.05. The summed E-state index contributed by atoms with van der Waals surface area (Å²) in [4.78, 5) is 0. The third kappa shape index (κ3) is 13.6. The van der Waals surface area contributed by atoms with Crippen molar-refractivity contribution in [2.24, 2.45) is 0 Å². The molecule has 0 radical (unpaired) electrons. The molecule has 1 N–H and O–H groups in total. The quantitative estimate of drug-likeness (QED) is 0.365. The average molecular weight is 240 g/mol. The molecule has 0 aliphatic carbocycles. The van der Waals surface area contributed by atoms with Gasteiger partial charge in [-0.15, -0.1) is 0 Å². The molecular weight excluding hydrogens is 208 g/mol. The lowest BCUT2D eigenvalue weighted by molar-refractivity contribution is 0.208. The Balaban J connectivity index is 3.22. The van der Waals surface area contributed by atoms with E-state index >= 15 is 0 Å². The average Bonchev–Trinajstić information content (AvgIpc) is 2.33. The standard InChI is InChI=1S/C16H32O/c1-3-5-7-8-9-10-11-13-15-16(17)14-12-6-4-2/h13,15-17H,3-12,14H2,1-2H3. The maximum atomic E-state index is 9.66. The zero-order valence-corrected chi connectivity index (χ0v) is 12.0. The summed E-state index contributed by atoms with van der Waals surface area (Å²) in [6.07, 6.45) is 17.7. The SMILES string of the molecule is CCCCCCCCC=CC(O)CCCCC. The van der Waals surface area contributed by atoms with Crippen molar-refractivity contribution in [1.29, 1.82) is 0 Å². The van der Waals surface area contributed by atoms with E-state index in [-0.39, 0.29) is 6.10 Å². The van der Waals surface area contributed by atoms with Gasteiger partial charge in [-0.2, -0.15) is 0 Å². The Morgan fingerprint density at radius 2 is 1.41 bits per heavy atom. The summed E-state index contributed by atoms with van der Waals surface area (Å²) in [6.45, 7) is 4.45. The second-order valence-electron chi connectivity index (χ2n) is 5.05. The molecule has 0 aliphatic heterocycles. The van der Waals surface area contributed by atoms with Crippen LogP contribution in [0.3, 0.4) is 0 Å². The Bertz CT molecular complexity index is 163. The third-order valence-corrected chi connectivity index (χ3v) is 3.19. The summed E-state index contributed by atoms with van der Waals surface area (Å²) in [7, 11) is 0. The highest BCUT2D eigenvalue weighted by Gasteiger charge is 1.97. The van der Waals surface area contributed by atoms with Crippen molar-refractivity contribution in [2.45, 2.75) is 90.6 Å². The number of aliphatic hydroxyl groups is 1. The van der Waals surface area contributed by atoms with E-state index in [2.05, 4.69) is 19.9 Å². The molecule has 0 aromatic heterocycles. The Morgan fingerprint density at radius 3 is 2.12 bits per heavy atom. The molecule has 102 valence electrons. The number of unbranched alkanes of at least 4 members (excludes halogenated alkanes) is 8. The van der Waals surface area contributed by atoms with Crippen molar-refractivity contribution >= 4 is 0 Å². The van der Waals surface area contributed by atoms with Gasteiger partial charge in [-0.1, -0.05) is 77.4 Å². The molecule has 0 saturated heterocycles. The molecule has 1 heteroatoms. The van der Waals surface area contributed by atoms with E-state index in [0.717, 1.165) is 19.3 Å². The largest absolute Gasteiger partial charge is 0.389 e. The first-order valence-electron chi connectivity index (χ1n) is 7.66. The fraction of sp³-hybridized carbons (Fsp3) is 0.875. The topological polar surface area (TPSA) is 20.2 Å². The van der Waals surface area contributed by atoms with E-state index in [4.69, 9.17) is 0 Å². The van der Waals surface area contributed by atoms with Gasteiger partial charge in [-0.05, 0) is 19.3 Å². The minimum absolute atomic E-state index is 0.207. The van der Waals surface area contributed by atoms with Crippen LogP contribution in [0.25, 0.3) is 0 Å². The van der Waals surface area contributed by atoms with Gasteiger partial charge in [0.05, 0.1) is 6.10 Å². The van der Waals surface area contributed by atoms with Crippen molar-refractivity contribution < 1.29 is 5.11 Å². The van der Waals surface area contributed by atoms with Crippen LogP contribution >= 0.6 is 0 Å². The van der Waals surface area contributed by atoms with Gasteiger partial charge in [-0.25, -0.2) is 0 Å². The van der Waals surface area contributed by atoms with Gasteiger partial charge in [0.25, 0.3) is 0 Å². The van der Waals surface area contributed by atoms with Crippen LogP contribution in [-0.2, 0) is 0 Å². The molecule has 0 aromatic rings. The highest BCUT2D eigenvalue weighted by atomic mass is 16.3. The second kappa shape index (κ2) is 13.8. The Morgan fingerprint density at radius 1 is 0.824 bits per heavy atom. The first kappa shape index (κ1) is 16.7. The fourth-order valence-corrected chi connectivity index (χ4v) is 2.00. The lowest BCUT2D eigenvalue weighted by Crippen LogP contribution is -2.01. The highest BCUT2D eigenvalue weighted by Crippen LogP contribution is 2.08. The minimum atomic E-state index is -0.207. The third-order valence-electron chi connectivity index (χ3n) is 3.19. The summed E-state index contributed by atoms with van der Waals surface area (Å²) in [5.41, 5.74) is 0. The summed E-state index contributed by atoms with van der Waals surface area (Å²) in [5.74, 6) is 0. The summed E-state index contributed by atoms with van der Waals surface area (Å²) in [6, 6.07) is 0. The van der Waals surface area contributed by atoms with Crippen LogP contribution in [0.1, 0.15) is 84.5 Å². The predicted molar refractivity (Wildman–Crippen MR) is 77.3 cm³/mol. The lowest BCUT2D eigenvalue weighted by atomic mass is 10.1. The van der Waals surface area contributed by atoms with E-state index in [1.807, 2.05) is 6.08 Å². The van der Waals surface area contributed by atoms with E-state index in [1.54, 1.807) is 0 Å². The smallest absolute Gasteiger partial charge is 0.0720 e. The number of hydrogen-bond acceptors (Lipinski definition) is 1. The van der Waals surface area contributed by atoms with Gasteiger partial charge < -0.3 is 5.11 Å². The predicted octanol–water partition coefficient (Wildman–Crippen LogP) is 5.23. The van der Waals surface area contributed by atoms with Gasteiger partial charge in [0.2, 0.25) is 0 Å². The molecule has 0 bridgehead atoms. The molecule has 0 fully saturated rings. The molecule has 0 amide bonds. The Labute approximate surface area is 108 Å². The number of aliphatic hydroxyl groups excluding tert-OH is 1. The number of hydrogen-bond donors (Lipinski definition) is 1. The maximum Gasteiger partial charge on any atom is 0.0720 e. The number of allylic oxidation sites excluding steroid dienone is 1. The molecule has 17 heavy (non-hydrogen) atoms. The zero-order chi connectivity index (χ0) is 12.8. The molecule has 0 rings (SSSR count). The van der Waals surface area contributed by atoms with Gasteiger partial charge in [0, 0.05) is 0 Å². The Kier molecular flexibility index (Phi) is 13.5. The number of rotatable bonds is 12. The first-order chi connectivity index (χ1) is 8.31. The molecule has 0 spiro atoms. The van der Waals surface area contributed by atoms with Gasteiger partial charge >= 0.3 is 0 Å². The minimum Gasteiger partial charge on any atom is -0.389 e. The molecule has 1 unspecified atom stereocenters. The zero-order valence-electron chi connectivity index (χ0n) is 12.0. The van der Waals surface area contributed by atoms with Crippen LogP contribution in [0.4, 0.5) is 0 Å². The fourth-order valence-electron chi connectivity index (χ4n) is 2.00. The van der Waals surface area contributed by atoms with Gasteiger partial charge in [0.15, 0.2) is 0 Å². The lowest BCUT2D eigenvalue weighted by Gasteiger charge is -2.04. The normalized spacial score (nSPS) is 13.4.